The van der Waals surface area contributed by atoms with Gasteiger partial charge in [0.25, 0.3) is 0 Å². The fraction of sp³-hybridized carbons (Fsp3) is 0.125. The summed E-state index contributed by atoms with van der Waals surface area (Å²) in [6.07, 6.45) is 0. The second-order valence-electron chi connectivity index (χ2n) is 4.68. The number of hydrogen-bond acceptors (Lipinski definition) is 5. The van der Waals surface area contributed by atoms with Crippen LogP contribution in [0.3, 0.4) is 0 Å². The van der Waals surface area contributed by atoms with Crippen LogP contribution >= 0.6 is 0 Å². The Labute approximate surface area is 154 Å². The van der Waals surface area contributed by atoms with Gasteiger partial charge in [-0.15, -0.1) is 0 Å². The smallest absolute Gasteiger partial charge is 1.00 e. The fourth-order valence-electron chi connectivity index (χ4n) is 2.22. The molecule has 0 aliphatic rings. The Morgan fingerprint density at radius 2 is 1.91 bits per heavy atom. The van der Waals surface area contributed by atoms with Gasteiger partial charge in [-0.25, -0.2) is 4.79 Å². The van der Waals surface area contributed by atoms with Crippen molar-refractivity contribution in [3.63, 3.8) is 0 Å². The number of carboxylic acids is 1. The van der Waals surface area contributed by atoms with Gasteiger partial charge in [0, 0.05) is 0 Å². The van der Waals surface area contributed by atoms with E-state index < -0.39 is 5.97 Å². The number of benzene rings is 2. The monoisotopic (exact) mass is 324 g/mol. The second-order valence-corrected chi connectivity index (χ2v) is 4.68. The summed E-state index contributed by atoms with van der Waals surface area (Å²) in [7, 11) is 0. The summed E-state index contributed by atoms with van der Waals surface area (Å²) in [5.74, 6) is -0.632. The van der Waals surface area contributed by atoms with Gasteiger partial charge < -0.3 is 20.8 Å². The van der Waals surface area contributed by atoms with Crippen LogP contribution in [-0.2, 0) is 0 Å². The van der Waals surface area contributed by atoms with Gasteiger partial charge >= 0.3 is 35.5 Å². The van der Waals surface area contributed by atoms with E-state index >= 15 is 0 Å². The summed E-state index contributed by atoms with van der Waals surface area (Å²) >= 11 is 0. The van der Waals surface area contributed by atoms with E-state index in [2.05, 4.69) is 0 Å². The van der Waals surface area contributed by atoms with Gasteiger partial charge in [-0.05, 0) is 36.4 Å². The first-order valence-electron chi connectivity index (χ1n) is 6.58. The molecule has 0 saturated carbocycles. The number of aliphatic hydroxyl groups is 1. The molecule has 0 saturated heterocycles. The number of aromatic carboxylic acids is 1. The third-order valence-electron chi connectivity index (χ3n) is 3.25. The molecule has 0 aliphatic heterocycles. The van der Waals surface area contributed by atoms with Gasteiger partial charge in [0.2, 0.25) is 5.43 Å². The molecule has 1 heterocycles. The molecule has 0 atom stereocenters. The number of hydrogen-bond donors (Lipinski definition) is 2. The predicted octanol–water partition coefficient (Wildman–Crippen LogP) is -0.868. The normalized spacial score (nSPS) is 10.5. The first-order chi connectivity index (χ1) is 10.6. The Balaban J connectivity index is 0.00000144. The summed E-state index contributed by atoms with van der Waals surface area (Å²) in [6.45, 7) is 0.00865. The van der Waals surface area contributed by atoms with E-state index in [1.54, 1.807) is 18.2 Å². The van der Waals surface area contributed by atoms with Crippen LogP contribution in [0.4, 0.5) is 0 Å². The number of carbonyl (C=O) groups is 1. The molecule has 0 radical (unpaired) electrons. The maximum atomic E-state index is 12.5. The van der Waals surface area contributed by atoms with Gasteiger partial charge in [-0.3, -0.25) is 4.79 Å². The van der Waals surface area contributed by atoms with E-state index in [-0.39, 0.29) is 60.8 Å². The van der Waals surface area contributed by atoms with Gasteiger partial charge in [0.1, 0.15) is 23.5 Å². The van der Waals surface area contributed by atoms with Crippen LogP contribution < -0.4 is 39.7 Å². The van der Waals surface area contributed by atoms with Crippen molar-refractivity contribution in [3.05, 3.63) is 52.2 Å². The molecule has 0 unspecified atom stereocenters. The number of ether oxygens (including phenoxy) is 1. The summed E-state index contributed by atoms with van der Waals surface area (Å²) < 4.78 is 10.9. The molecule has 2 aromatic carbocycles. The zero-order chi connectivity index (χ0) is 15.7. The molecule has 0 aliphatic carbocycles. The minimum absolute atomic E-state index is 0. The summed E-state index contributed by atoms with van der Waals surface area (Å²) in [4.78, 5) is 23.5. The fourth-order valence-corrected chi connectivity index (χ4v) is 2.22. The van der Waals surface area contributed by atoms with Crippen molar-refractivity contribution < 1.29 is 55.1 Å². The maximum Gasteiger partial charge on any atom is 1.00 e. The van der Waals surface area contributed by atoms with Crippen LogP contribution in [0.5, 0.6) is 5.75 Å². The maximum absolute atomic E-state index is 12.5. The van der Waals surface area contributed by atoms with Gasteiger partial charge in [0.05, 0.1) is 22.9 Å². The minimum atomic E-state index is -1.09. The molecule has 1 aromatic heterocycles. The zero-order valence-electron chi connectivity index (χ0n) is 13.4. The molecular formula is C16H13NaO6. The quantitative estimate of drug-likeness (QED) is 0.478. The Morgan fingerprint density at radius 3 is 2.61 bits per heavy atom. The van der Waals surface area contributed by atoms with Gasteiger partial charge in [0.15, 0.2) is 0 Å². The molecule has 0 fully saturated rings. The Bertz CT molecular complexity index is 937. The van der Waals surface area contributed by atoms with Crippen LogP contribution in [0.25, 0.3) is 21.9 Å². The molecular weight excluding hydrogens is 311 g/mol. The first-order valence-corrected chi connectivity index (χ1v) is 6.58. The van der Waals surface area contributed by atoms with Crippen LogP contribution in [0.2, 0.25) is 0 Å². The Kier molecular flexibility index (Phi) is 5.43. The Morgan fingerprint density at radius 1 is 1.13 bits per heavy atom. The van der Waals surface area contributed by atoms with E-state index in [1.807, 2.05) is 0 Å². The second kappa shape index (κ2) is 7.14. The number of fused-ring (bicyclic) bond motifs is 2. The van der Waals surface area contributed by atoms with Crippen molar-refractivity contribution in [3.8, 4) is 5.75 Å². The van der Waals surface area contributed by atoms with Crippen LogP contribution in [0.1, 0.15) is 11.8 Å². The summed E-state index contributed by atoms with van der Waals surface area (Å²) in [5.41, 5.74) is 0.360. The Hall–Kier alpha value is -1.86. The molecule has 0 bridgehead atoms. The van der Waals surface area contributed by atoms with Crippen LogP contribution in [0, 0.1) is 0 Å². The van der Waals surface area contributed by atoms with Crippen molar-refractivity contribution in [1.29, 1.82) is 0 Å². The van der Waals surface area contributed by atoms with Gasteiger partial charge in [-0.2, -0.15) is 0 Å². The third kappa shape index (κ3) is 3.40. The molecule has 6 nitrogen and oxygen atoms in total. The van der Waals surface area contributed by atoms with E-state index in [9.17, 15) is 9.59 Å². The molecule has 23 heavy (non-hydrogen) atoms. The largest absolute Gasteiger partial charge is 1.00 e. The molecule has 0 amide bonds. The van der Waals surface area contributed by atoms with Crippen molar-refractivity contribution in [1.82, 2.24) is 0 Å². The van der Waals surface area contributed by atoms with Gasteiger partial charge in [-0.1, -0.05) is 0 Å². The number of carboxylic acid groups (broad SMARTS) is 1. The van der Waals surface area contributed by atoms with Crippen LogP contribution in [-0.4, -0.2) is 29.4 Å². The topological polar surface area (TPSA) is 97.0 Å². The zero-order valence-corrected chi connectivity index (χ0v) is 14.4. The van der Waals surface area contributed by atoms with Crippen molar-refractivity contribution in [2.75, 3.05) is 13.2 Å². The SMILES string of the molecule is O=C(O)c1ccc2c(=O)c3cc(OCCO)ccc3oc2c1.[H-].[Na+]. The van der Waals surface area contributed by atoms with Crippen molar-refractivity contribution in [2.45, 2.75) is 0 Å². The molecule has 2 N–H and O–H groups in total. The number of aliphatic hydroxyl groups excluding tert-OH is 1. The molecule has 3 rings (SSSR count). The summed E-state index contributed by atoms with van der Waals surface area (Å²) in [6, 6.07) is 8.87. The van der Waals surface area contributed by atoms with E-state index in [1.165, 1.54) is 18.2 Å². The predicted molar refractivity (Wildman–Crippen MR) is 80.6 cm³/mol. The molecule has 3 aromatic rings. The van der Waals surface area contributed by atoms with Crippen LogP contribution in [0.15, 0.2) is 45.6 Å². The average molecular weight is 324 g/mol. The van der Waals surface area contributed by atoms with E-state index in [0.29, 0.717) is 22.1 Å². The standard InChI is InChI=1S/C16H12O6.Na.H/c17-5-6-21-10-2-4-13-12(8-10)15(18)11-3-1-9(16(19)20)7-14(11)22-13;;/h1-4,7-8,17H,5-6H2,(H,19,20);;/q;+1;-1. The average Bonchev–Trinajstić information content (AvgIpc) is 2.52. The minimum Gasteiger partial charge on any atom is -1.00 e. The first kappa shape index (κ1) is 17.5. The summed E-state index contributed by atoms with van der Waals surface area (Å²) in [5, 5.41) is 18.4. The van der Waals surface area contributed by atoms with Crippen molar-refractivity contribution >= 4 is 27.9 Å². The molecule has 114 valence electrons. The van der Waals surface area contributed by atoms with E-state index in [0.717, 1.165) is 0 Å². The van der Waals surface area contributed by atoms with Crippen molar-refractivity contribution in [2.24, 2.45) is 0 Å². The molecule has 7 heteroatoms. The third-order valence-corrected chi connectivity index (χ3v) is 3.25. The number of rotatable bonds is 4. The van der Waals surface area contributed by atoms with E-state index in [4.69, 9.17) is 19.4 Å². The molecule has 0 spiro atoms.